The number of para-hydroxylation sites is 1. The Balaban J connectivity index is 1.96. The van der Waals surface area contributed by atoms with Crippen LogP contribution in [0.3, 0.4) is 0 Å². The number of halogens is 1. The van der Waals surface area contributed by atoms with Crippen molar-refractivity contribution in [2.24, 2.45) is 0 Å². The molecule has 7 nitrogen and oxygen atoms in total. The van der Waals surface area contributed by atoms with Gasteiger partial charge in [-0.1, -0.05) is 12.1 Å². The fraction of sp³-hybridized carbons (Fsp3) is 0.167. The number of nitrogens with zero attached hydrogens (tertiary/aromatic N) is 2. The maximum absolute atomic E-state index is 13.6. The number of benzene rings is 2. The van der Waals surface area contributed by atoms with Gasteiger partial charge in [0.2, 0.25) is 5.91 Å². The average Bonchev–Trinajstić information content (AvgIpc) is 2.65. The van der Waals surface area contributed by atoms with Crippen molar-refractivity contribution in [3.8, 4) is 11.5 Å². The minimum Gasteiger partial charge on any atom is -0.493 e. The highest BCUT2D eigenvalue weighted by atomic mass is 19.1. The van der Waals surface area contributed by atoms with Crippen molar-refractivity contribution in [2.75, 3.05) is 19.5 Å². The van der Waals surface area contributed by atoms with Gasteiger partial charge in [-0.05, 0) is 24.3 Å². The van der Waals surface area contributed by atoms with Crippen LogP contribution in [0.25, 0.3) is 10.8 Å². The van der Waals surface area contributed by atoms with E-state index in [1.165, 1.54) is 38.6 Å². The molecule has 0 unspecified atom stereocenters. The number of hydrogen-bond acceptors (Lipinski definition) is 5. The van der Waals surface area contributed by atoms with Gasteiger partial charge in [0.25, 0.3) is 5.56 Å². The lowest BCUT2D eigenvalue weighted by Crippen LogP contribution is -2.30. The van der Waals surface area contributed by atoms with E-state index in [9.17, 15) is 14.0 Å². The molecule has 0 radical (unpaired) electrons. The van der Waals surface area contributed by atoms with E-state index in [0.29, 0.717) is 11.1 Å². The number of nitrogens with one attached hydrogen (secondary N) is 1. The van der Waals surface area contributed by atoms with Gasteiger partial charge in [0.15, 0.2) is 11.5 Å². The van der Waals surface area contributed by atoms with Gasteiger partial charge in [0.1, 0.15) is 12.4 Å². The molecule has 1 heterocycles. The first-order valence-electron chi connectivity index (χ1n) is 7.70. The quantitative estimate of drug-likeness (QED) is 0.757. The Labute approximate surface area is 148 Å². The normalized spacial score (nSPS) is 10.6. The summed E-state index contributed by atoms with van der Waals surface area (Å²) >= 11 is 0. The number of carbonyl (C=O) groups is 1. The molecule has 134 valence electrons. The van der Waals surface area contributed by atoms with Crippen LogP contribution < -0.4 is 20.3 Å². The Kier molecular flexibility index (Phi) is 4.83. The summed E-state index contributed by atoms with van der Waals surface area (Å²) < 4.78 is 25.1. The van der Waals surface area contributed by atoms with Crippen molar-refractivity contribution in [3.63, 3.8) is 0 Å². The van der Waals surface area contributed by atoms with E-state index in [-0.39, 0.29) is 23.4 Å². The van der Waals surface area contributed by atoms with Gasteiger partial charge in [0, 0.05) is 5.39 Å². The number of rotatable bonds is 5. The van der Waals surface area contributed by atoms with Crippen LogP contribution in [0.2, 0.25) is 0 Å². The van der Waals surface area contributed by atoms with Gasteiger partial charge in [-0.15, -0.1) is 0 Å². The molecule has 0 atom stereocenters. The number of ether oxygens (including phenoxy) is 2. The molecule has 2 aromatic carbocycles. The summed E-state index contributed by atoms with van der Waals surface area (Å²) in [7, 11) is 2.89. The van der Waals surface area contributed by atoms with Gasteiger partial charge in [-0.3, -0.25) is 9.59 Å². The van der Waals surface area contributed by atoms with Crippen LogP contribution in [0.1, 0.15) is 0 Å². The van der Waals surface area contributed by atoms with E-state index in [1.807, 2.05) is 0 Å². The highest BCUT2D eigenvalue weighted by molar-refractivity contribution is 5.92. The largest absolute Gasteiger partial charge is 0.493 e. The van der Waals surface area contributed by atoms with Crippen molar-refractivity contribution in [1.29, 1.82) is 0 Å². The maximum atomic E-state index is 13.6. The molecule has 3 rings (SSSR count). The molecule has 0 aliphatic carbocycles. The van der Waals surface area contributed by atoms with Gasteiger partial charge >= 0.3 is 0 Å². The Morgan fingerprint density at radius 2 is 1.96 bits per heavy atom. The van der Waals surface area contributed by atoms with E-state index in [4.69, 9.17) is 9.47 Å². The van der Waals surface area contributed by atoms with Crippen LogP contribution in [0.4, 0.5) is 10.1 Å². The van der Waals surface area contributed by atoms with Crippen molar-refractivity contribution >= 4 is 22.4 Å². The molecule has 0 saturated carbocycles. The molecular weight excluding hydrogens is 341 g/mol. The number of carbonyl (C=O) groups excluding carboxylic acids is 1. The average molecular weight is 357 g/mol. The minimum atomic E-state index is -0.578. The topological polar surface area (TPSA) is 82.5 Å². The smallest absolute Gasteiger partial charge is 0.279 e. The van der Waals surface area contributed by atoms with E-state index in [1.54, 1.807) is 18.2 Å². The van der Waals surface area contributed by atoms with Crippen LogP contribution in [0.15, 0.2) is 47.4 Å². The molecule has 0 aliphatic rings. The maximum Gasteiger partial charge on any atom is 0.279 e. The Morgan fingerprint density at radius 3 is 2.65 bits per heavy atom. The monoisotopic (exact) mass is 357 g/mol. The van der Waals surface area contributed by atoms with E-state index in [2.05, 4.69) is 10.4 Å². The number of fused-ring (bicyclic) bond motifs is 1. The van der Waals surface area contributed by atoms with Crippen molar-refractivity contribution < 1.29 is 18.7 Å². The summed E-state index contributed by atoms with van der Waals surface area (Å²) in [5.74, 6) is -0.483. The SMILES string of the molecule is COc1ccc2cnn(CC(=O)Nc3ccccc3F)c(=O)c2c1OC. The molecule has 0 spiro atoms. The Morgan fingerprint density at radius 1 is 1.19 bits per heavy atom. The number of methoxy groups -OCH3 is 2. The van der Waals surface area contributed by atoms with Crippen LogP contribution in [-0.2, 0) is 11.3 Å². The van der Waals surface area contributed by atoms with Crippen molar-refractivity contribution in [3.05, 3.63) is 58.8 Å². The molecular formula is C18H16FN3O4. The van der Waals surface area contributed by atoms with E-state index in [0.717, 1.165) is 4.68 Å². The molecule has 3 aromatic rings. The van der Waals surface area contributed by atoms with Crippen molar-refractivity contribution in [1.82, 2.24) is 9.78 Å². The summed E-state index contributed by atoms with van der Waals surface area (Å²) in [5, 5.41) is 7.21. The number of hydrogen-bond donors (Lipinski definition) is 1. The van der Waals surface area contributed by atoms with Crippen LogP contribution >= 0.6 is 0 Å². The first-order chi connectivity index (χ1) is 12.5. The highest BCUT2D eigenvalue weighted by Gasteiger charge is 2.16. The lowest BCUT2D eigenvalue weighted by molar-refractivity contribution is -0.117. The molecule has 1 amide bonds. The van der Waals surface area contributed by atoms with Crippen LogP contribution in [-0.4, -0.2) is 29.9 Å². The molecule has 26 heavy (non-hydrogen) atoms. The predicted octanol–water partition coefficient (Wildman–Crippen LogP) is 2.19. The third kappa shape index (κ3) is 3.21. The second kappa shape index (κ2) is 7.22. The third-order valence-electron chi connectivity index (χ3n) is 3.80. The standard InChI is InChI=1S/C18H16FN3O4/c1-25-14-8-7-11-9-20-22(18(24)16(11)17(14)26-2)10-15(23)21-13-6-4-3-5-12(13)19/h3-9H,10H2,1-2H3,(H,21,23). The summed E-state index contributed by atoms with van der Waals surface area (Å²) in [4.78, 5) is 24.9. The molecule has 1 N–H and O–H groups in total. The fourth-order valence-electron chi connectivity index (χ4n) is 2.58. The molecule has 0 saturated heterocycles. The lowest BCUT2D eigenvalue weighted by atomic mass is 10.1. The number of anilines is 1. The Hall–Kier alpha value is -3.42. The second-order valence-electron chi connectivity index (χ2n) is 5.40. The molecule has 8 heteroatoms. The Bertz CT molecular complexity index is 1030. The molecule has 0 aliphatic heterocycles. The molecule has 1 aromatic heterocycles. The van der Waals surface area contributed by atoms with Gasteiger partial charge < -0.3 is 14.8 Å². The zero-order valence-corrected chi connectivity index (χ0v) is 14.2. The zero-order chi connectivity index (χ0) is 18.7. The lowest BCUT2D eigenvalue weighted by Gasteiger charge is -2.12. The second-order valence-corrected chi connectivity index (χ2v) is 5.40. The first-order valence-corrected chi connectivity index (χ1v) is 7.70. The number of amides is 1. The fourth-order valence-corrected chi connectivity index (χ4v) is 2.58. The summed E-state index contributed by atoms with van der Waals surface area (Å²) in [6, 6.07) is 9.10. The third-order valence-corrected chi connectivity index (χ3v) is 3.80. The minimum absolute atomic E-state index is 0.0330. The van der Waals surface area contributed by atoms with Gasteiger partial charge in [0.05, 0.1) is 31.5 Å². The molecule has 0 fully saturated rings. The van der Waals surface area contributed by atoms with E-state index >= 15 is 0 Å². The first kappa shape index (κ1) is 17.4. The van der Waals surface area contributed by atoms with Crippen LogP contribution in [0, 0.1) is 5.82 Å². The van der Waals surface area contributed by atoms with Crippen LogP contribution in [0.5, 0.6) is 11.5 Å². The summed E-state index contributed by atoms with van der Waals surface area (Å²) in [6.45, 7) is -0.372. The van der Waals surface area contributed by atoms with Crippen molar-refractivity contribution in [2.45, 2.75) is 6.54 Å². The predicted molar refractivity (Wildman–Crippen MR) is 94.1 cm³/mol. The highest BCUT2D eigenvalue weighted by Crippen LogP contribution is 2.32. The zero-order valence-electron chi connectivity index (χ0n) is 14.2. The summed E-state index contributed by atoms with van der Waals surface area (Å²) in [5.41, 5.74) is -0.479. The number of aromatic nitrogens is 2. The molecule has 0 bridgehead atoms. The van der Waals surface area contributed by atoms with E-state index < -0.39 is 17.3 Å². The summed E-state index contributed by atoms with van der Waals surface area (Å²) in [6.07, 6.45) is 1.45. The van der Waals surface area contributed by atoms with Gasteiger partial charge in [-0.25, -0.2) is 9.07 Å². The van der Waals surface area contributed by atoms with Gasteiger partial charge in [-0.2, -0.15) is 5.10 Å².